The summed E-state index contributed by atoms with van der Waals surface area (Å²) in [7, 11) is 0. The van der Waals surface area contributed by atoms with E-state index in [-0.39, 0.29) is 5.69 Å². The van der Waals surface area contributed by atoms with E-state index in [1.165, 1.54) is 12.1 Å². The molecule has 0 aromatic heterocycles. The first-order valence-corrected chi connectivity index (χ1v) is 7.26. The van der Waals surface area contributed by atoms with Crippen molar-refractivity contribution >= 4 is 11.4 Å². The second kappa shape index (κ2) is 9.18. The Bertz CT molecular complexity index is 449. The molecule has 1 aromatic rings. The highest BCUT2D eigenvalue weighted by molar-refractivity contribution is 5.56. The van der Waals surface area contributed by atoms with Crippen LogP contribution in [0.5, 0.6) is 5.75 Å². The molecule has 118 valence electrons. The number of ether oxygens (including phenoxy) is 2. The molecule has 21 heavy (non-hydrogen) atoms. The highest BCUT2D eigenvalue weighted by Gasteiger charge is 2.10. The van der Waals surface area contributed by atoms with E-state index < -0.39 is 4.92 Å². The summed E-state index contributed by atoms with van der Waals surface area (Å²) in [4.78, 5) is 10.5. The summed E-state index contributed by atoms with van der Waals surface area (Å²) in [6.45, 7) is 8.67. The molecule has 0 fully saturated rings. The van der Waals surface area contributed by atoms with Crippen molar-refractivity contribution in [1.82, 2.24) is 0 Å². The zero-order valence-corrected chi connectivity index (χ0v) is 12.9. The molecule has 0 bridgehead atoms. The number of anilines is 1. The average molecular weight is 296 g/mol. The largest absolute Gasteiger partial charge is 0.494 e. The number of hydrogen-bond acceptors (Lipinski definition) is 5. The fourth-order valence-electron chi connectivity index (χ4n) is 1.77. The van der Waals surface area contributed by atoms with Crippen LogP contribution in [0.15, 0.2) is 18.2 Å². The van der Waals surface area contributed by atoms with Crippen molar-refractivity contribution in [3.8, 4) is 5.75 Å². The fourth-order valence-corrected chi connectivity index (χ4v) is 1.77. The van der Waals surface area contributed by atoms with Crippen LogP contribution in [0, 0.1) is 16.0 Å². The number of nitrogens with zero attached hydrogens (tertiary/aromatic N) is 1. The van der Waals surface area contributed by atoms with Crippen molar-refractivity contribution in [1.29, 1.82) is 0 Å². The maximum atomic E-state index is 10.9. The quantitative estimate of drug-likeness (QED) is 0.406. The van der Waals surface area contributed by atoms with Crippen LogP contribution in [-0.2, 0) is 4.74 Å². The van der Waals surface area contributed by atoms with Gasteiger partial charge in [-0.15, -0.1) is 0 Å². The van der Waals surface area contributed by atoms with Gasteiger partial charge in [0.2, 0.25) is 0 Å². The second-order valence-electron chi connectivity index (χ2n) is 5.15. The van der Waals surface area contributed by atoms with Gasteiger partial charge in [0.05, 0.1) is 17.6 Å². The standard InChI is InChI=1S/C15H24N2O4/c1-4-21-15-9-13(8-14(10-15)17(18)19)16-6-5-7-20-11-12(2)3/h8-10,12,16H,4-7,11H2,1-3H3. The first kappa shape index (κ1) is 17.2. The third-order valence-electron chi connectivity index (χ3n) is 2.66. The zero-order valence-electron chi connectivity index (χ0n) is 12.9. The molecular formula is C15H24N2O4. The van der Waals surface area contributed by atoms with E-state index in [4.69, 9.17) is 9.47 Å². The van der Waals surface area contributed by atoms with E-state index in [0.29, 0.717) is 37.1 Å². The predicted octanol–water partition coefficient (Wildman–Crippen LogP) is 3.47. The van der Waals surface area contributed by atoms with Gasteiger partial charge >= 0.3 is 0 Å². The van der Waals surface area contributed by atoms with Crippen LogP contribution >= 0.6 is 0 Å². The van der Waals surface area contributed by atoms with E-state index in [9.17, 15) is 10.1 Å². The molecule has 6 nitrogen and oxygen atoms in total. The van der Waals surface area contributed by atoms with Crippen molar-refractivity contribution < 1.29 is 14.4 Å². The number of nitrogens with one attached hydrogen (secondary N) is 1. The number of benzene rings is 1. The summed E-state index contributed by atoms with van der Waals surface area (Å²) in [6.07, 6.45) is 0.847. The molecule has 1 aromatic carbocycles. The Morgan fingerprint density at radius 3 is 2.71 bits per heavy atom. The van der Waals surface area contributed by atoms with Gasteiger partial charge in [-0.3, -0.25) is 10.1 Å². The first-order chi connectivity index (χ1) is 10.0. The molecular weight excluding hydrogens is 272 g/mol. The van der Waals surface area contributed by atoms with Crippen LogP contribution in [0.3, 0.4) is 0 Å². The fraction of sp³-hybridized carbons (Fsp3) is 0.600. The molecule has 1 N–H and O–H groups in total. The number of non-ortho nitro benzene ring substituents is 1. The second-order valence-corrected chi connectivity index (χ2v) is 5.15. The van der Waals surface area contributed by atoms with Gasteiger partial charge in [0.15, 0.2) is 0 Å². The lowest BCUT2D eigenvalue weighted by atomic mass is 10.2. The van der Waals surface area contributed by atoms with Crippen molar-refractivity contribution in [3.63, 3.8) is 0 Å². The number of nitro benzene ring substituents is 1. The molecule has 0 aliphatic rings. The normalized spacial score (nSPS) is 10.7. The van der Waals surface area contributed by atoms with Crippen molar-refractivity contribution in [3.05, 3.63) is 28.3 Å². The molecule has 0 aliphatic heterocycles. The van der Waals surface area contributed by atoms with Crippen molar-refractivity contribution in [2.24, 2.45) is 5.92 Å². The Balaban J connectivity index is 2.48. The molecule has 0 saturated carbocycles. The van der Waals surface area contributed by atoms with Gasteiger partial charge in [-0.2, -0.15) is 0 Å². The Labute approximate surface area is 125 Å². The van der Waals surface area contributed by atoms with Crippen LogP contribution in [0.4, 0.5) is 11.4 Å². The summed E-state index contributed by atoms with van der Waals surface area (Å²) in [5.74, 6) is 1.04. The smallest absolute Gasteiger partial charge is 0.275 e. The highest BCUT2D eigenvalue weighted by Crippen LogP contribution is 2.26. The van der Waals surface area contributed by atoms with E-state index in [0.717, 1.165) is 13.0 Å². The molecule has 1 rings (SSSR count). The Morgan fingerprint density at radius 2 is 2.10 bits per heavy atom. The van der Waals surface area contributed by atoms with Crippen LogP contribution in [0.1, 0.15) is 27.2 Å². The number of hydrogen-bond donors (Lipinski definition) is 1. The van der Waals surface area contributed by atoms with Gasteiger partial charge in [0, 0.05) is 37.6 Å². The summed E-state index contributed by atoms with van der Waals surface area (Å²) >= 11 is 0. The van der Waals surface area contributed by atoms with Crippen LogP contribution in [0.25, 0.3) is 0 Å². The van der Waals surface area contributed by atoms with Gasteiger partial charge in [-0.1, -0.05) is 13.8 Å². The van der Waals surface area contributed by atoms with Gasteiger partial charge < -0.3 is 14.8 Å². The number of rotatable bonds is 10. The van der Waals surface area contributed by atoms with Crippen molar-refractivity contribution in [2.75, 3.05) is 31.7 Å². The lowest BCUT2D eigenvalue weighted by molar-refractivity contribution is -0.384. The van der Waals surface area contributed by atoms with E-state index in [2.05, 4.69) is 19.2 Å². The monoisotopic (exact) mass is 296 g/mol. The Hall–Kier alpha value is -1.82. The van der Waals surface area contributed by atoms with Gasteiger partial charge in [0.1, 0.15) is 5.75 Å². The maximum Gasteiger partial charge on any atom is 0.275 e. The minimum absolute atomic E-state index is 0.0273. The minimum atomic E-state index is -0.417. The molecule has 0 radical (unpaired) electrons. The Morgan fingerprint density at radius 1 is 1.33 bits per heavy atom. The lowest BCUT2D eigenvalue weighted by Crippen LogP contribution is -2.08. The molecule has 0 amide bonds. The van der Waals surface area contributed by atoms with Gasteiger partial charge in [-0.05, 0) is 19.3 Å². The van der Waals surface area contributed by atoms with Crippen molar-refractivity contribution in [2.45, 2.75) is 27.2 Å². The average Bonchev–Trinajstić information content (AvgIpc) is 2.42. The molecule has 0 aliphatic carbocycles. The maximum absolute atomic E-state index is 10.9. The van der Waals surface area contributed by atoms with Crippen LogP contribution in [0.2, 0.25) is 0 Å². The van der Waals surface area contributed by atoms with Gasteiger partial charge in [-0.25, -0.2) is 0 Å². The molecule has 0 unspecified atom stereocenters. The summed E-state index contributed by atoms with van der Waals surface area (Å²) in [5.41, 5.74) is 0.719. The van der Waals surface area contributed by atoms with Crippen LogP contribution < -0.4 is 10.1 Å². The lowest BCUT2D eigenvalue weighted by Gasteiger charge is -2.10. The van der Waals surface area contributed by atoms with E-state index >= 15 is 0 Å². The summed E-state index contributed by atoms with van der Waals surface area (Å²) < 4.78 is 10.8. The third kappa shape index (κ3) is 6.94. The van der Waals surface area contributed by atoms with E-state index in [1.54, 1.807) is 6.07 Å². The summed E-state index contributed by atoms with van der Waals surface area (Å²) in [5, 5.41) is 14.1. The molecule has 6 heteroatoms. The third-order valence-corrected chi connectivity index (χ3v) is 2.66. The van der Waals surface area contributed by atoms with E-state index in [1.807, 2.05) is 6.92 Å². The predicted molar refractivity (Wildman–Crippen MR) is 83.0 cm³/mol. The topological polar surface area (TPSA) is 73.6 Å². The highest BCUT2D eigenvalue weighted by atomic mass is 16.6. The van der Waals surface area contributed by atoms with Crippen LogP contribution in [-0.4, -0.2) is 31.3 Å². The molecule has 0 heterocycles. The zero-order chi connectivity index (χ0) is 15.7. The van der Waals surface area contributed by atoms with Gasteiger partial charge in [0.25, 0.3) is 5.69 Å². The summed E-state index contributed by atoms with van der Waals surface area (Å²) in [6, 6.07) is 4.71. The SMILES string of the molecule is CCOc1cc(NCCCOCC(C)C)cc([N+](=O)[O-])c1. The molecule has 0 spiro atoms. The molecule has 0 atom stereocenters. The minimum Gasteiger partial charge on any atom is -0.494 e. The number of nitro groups is 1. The molecule has 0 saturated heterocycles. The Kier molecular flexibility index (Phi) is 7.53. The first-order valence-electron chi connectivity index (χ1n) is 7.26.